The fourth-order valence-corrected chi connectivity index (χ4v) is 1.64. The maximum atomic E-state index is 12.8. The molecule has 0 aliphatic heterocycles. The highest BCUT2D eigenvalue weighted by Gasteiger charge is 2.02. The van der Waals surface area contributed by atoms with Gasteiger partial charge >= 0.3 is 0 Å². The molecule has 0 unspecified atom stereocenters. The zero-order valence-electron chi connectivity index (χ0n) is 8.57. The fraction of sp³-hybridized carbons (Fsp3) is 0.0714. The number of hydrogen-bond acceptors (Lipinski definition) is 0. The Hall–Kier alpha value is -1.63. The Balaban J connectivity index is 2.49. The average molecular weight is 199 g/mol. The van der Waals surface area contributed by atoms with Crippen molar-refractivity contribution in [2.45, 2.75) is 6.92 Å². The summed E-state index contributed by atoms with van der Waals surface area (Å²) in [7, 11) is 0. The molecule has 0 fully saturated rings. The molecule has 0 aliphatic carbocycles. The fourth-order valence-electron chi connectivity index (χ4n) is 1.64. The van der Waals surface area contributed by atoms with Crippen LogP contribution in [0.5, 0.6) is 0 Å². The number of rotatable bonds is 2. The second-order valence-electron chi connectivity index (χ2n) is 3.38. The molecule has 0 amide bonds. The highest BCUT2D eigenvalue weighted by Crippen LogP contribution is 2.24. The molecule has 0 spiro atoms. The van der Waals surface area contributed by atoms with E-state index in [0.29, 0.717) is 0 Å². The lowest BCUT2D eigenvalue weighted by Crippen LogP contribution is -1.85. The molecule has 0 atom stereocenters. The van der Waals surface area contributed by atoms with Crippen LogP contribution in [0.4, 0.5) is 4.39 Å². The van der Waals surface area contributed by atoms with Crippen molar-refractivity contribution in [2.24, 2.45) is 0 Å². The first-order valence-corrected chi connectivity index (χ1v) is 4.95. The molecule has 75 valence electrons. The monoisotopic (exact) mass is 199 g/mol. The molecule has 0 N–H and O–H groups in total. The molecule has 0 saturated carbocycles. The van der Waals surface area contributed by atoms with E-state index in [9.17, 15) is 4.39 Å². The zero-order chi connectivity index (χ0) is 10.7. The Morgan fingerprint density at radius 1 is 0.933 bits per heavy atom. The Labute approximate surface area is 89.4 Å². The van der Waals surface area contributed by atoms with Gasteiger partial charge in [0.1, 0.15) is 5.82 Å². The van der Waals surface area contributed by atoms with Gasteiger partial charge in [-0.1, -0.05) is 43.3 Å². The van der Waals surface area contributed by atoms with E-state index in [4.69, 9.17) is 0 Å². The van der Waals surface area contributed by atoms with E-state index in [1.807, 2.05) is 25.1 Å². The summed E-state index contributed by atoms with van der Waals surface area (Å²) in [5, 5.41) is 0. The van der Waals surface area contributed by atoms with Gasteiger partial charge in [0.2, 0.25) is 0 Å². The standard InChI is InChI=1S/C14H12F/c1-2-11-5-3-4-6-14(11)12-7-9-13(15)10-8-12/h2-10H,1H3. The third-order valence-corrected chi connectivity index (χ3v) is 2.43. The van der Waals surface area contributed by atoms with Crippen LogP contribution in [0.1, 0.15) is 12.5 Å². The summed E-state index contributed by atoms with van der Waals surface area (Å²) in [6, 6.07) is 14.7. The van der Waals surface area contributed by atoms with Crippen molar-refractivity contribution < 1.29 is 4.39 Å². The molecule has 1 heteroatoms. The number of halogens is 1. The van der Waals surface area contributed by atoms with Crippen molar-refractivity contribution in [3.8, 4) is 11.1 Å². The van der Waals surface area contributed by atoms with E-state index >= 15 is 0 Å². The molecule has 2 rings (SSSR count). The lowest BCUT2D eigenvalue weighted by atomic mass is 9.98. The van der Waals surface area contributed by atoms with Crippen molar-refractivity contribution in [2.75, 3.05) is 0 Å². The van der Waals surface area contributed by atoms with Gasteiger partial charge in [-0.05, 0) is 35.2 Å². The maximum Gasteiger partial charge on any atom is 0.123 e. The Bertz CT molecular complexity index is 443. The minimum atomic E-state index is -0.197. The van der Waals surface area contributed by atoms with Gasteiger partial charge in [0.25, 0.3) is 0 Å². The average Bonchev–Trinajstić information content (AvgIpc) is 2.30. The van der Waals surface area contributed by atoms with Crippen molar-refractivity contribution in [3.63, 3.8) is 0 Å². The van der Waals surface area contributed by atoms with Crippen LogP contribution in [0.3, 0.4) is 0 Å². The molecule has 15 heavy (non-hydrogen) atoms. The summed E-state index contributed by atoms with van der Waals surface area (Å²) in [6.45, 7) is 2.00. The van der Waals surface area contributed by atoms with Crippen LogP contribution in [0, 0.1) is 12.2 Å². The largest absolute Gasteiger partial charge is 0.207 e. The van der Waals surface area contributed by atoms with E-state index in [-0.39, 0.29) is 5.82 Å². The Kier molecular flexibility index (Phi) is 2.82. The lowest BCUT2D eigenvalue weighted by Gasteiger charge is -2.07. The van der Waals surface area contributed by atoms with Gasteiger partial charge in [-0.25, -0.2) is 4.39 Å². The zero-order valence-corrected chi connectivity index (χ0v) is 8.57. The molecule has 0 aromatic heterocycles. The molecule has 0 heterocycles. The third-order valence-electron chi connectivity index (χ3n) is 2.43. The SMILES string of the molecule is C[CH]c1ccccc1-c1ccc(F)cc1. The molecule has 0 saturated heterocycles. The maximum absolute atomic E-state index is 12.8. The number of hydrogen-bond donors (Lipinski definition) is 0. The summed E-state index contributed by atoms with van der Waals surface area (Å²) < 4.78 is 12.8. The van der Waals surface area contributed by atoms with Gasteiger partial charge in [0, 0.05) is 0 Å². The lowest BCUT2D eigenvalue weighted by molar-refractivity contribution is 0.628. The third kappa shape index (κ3) is 2.07. The predicted octanol–water partition coefficient (Wildman–Crippen LogP) is 4.06. The molecular weight excluding hydrogens is 187 g/mol. The van der Waals surface area contributed by atoms with Crippen molar-refractivity contribution in [1.29, 1.82) is 0 Å². The molecule has 0 aliphatic rings. The first-order chi connectivity index (χ1) is 7.31. The smallest absolute Gasteiger partial charge is 0.123 e. The summed E-state index contributed by atoms with van der Waals surface area (Å²) in [5.74, 6) is -0.197. The molecule has 0 bridgehead atoms. The van der Waals surface area contributed by atoms with Crippen molar-refractivity contribution in [3.05, 3.63) is 66.3 Å². The summed E-state index contributed by atoms with van der Waals surface area (Å²) in [6.07, 6.45) is 2.05. The Morgan fingerprint density at radius 3 is 2.27 bits per heavy atom. The second kappa shape index (κ2) is 4.26. The van der Waals surface area contributed by atoms with E-state index in [1.54, 1.807) is 12.1 Å². The summed E-state index contributed by atoms with van der Waals surface area (Å²) >= 11 is 0. The first-order valence-electron chi connectivity index (χ1n) is 4.95. The molecule has 1 radical (unpaired) electrons. The molecule has 2 aromatic carbocycles. The van der Waals surface area contributed by atoms with E-state index in [2.05, 4.69) is 12.5 Å². The Morgan fingerprint density at radius 2 is 1.60 bits per heavy atom. The van der Waals surface area contributed by atoms with Crippen LogP contribution < -0.4 is 0 Å². The van der Waals surface area contributed by atoms with Crippen molar-refractivity contribution >= 4 is 0 Å². The van der Waals surface area contributed by atoms with E-state index < -0.39 is 0 Å². The van der Waals surface area contributed by atoms with Gasteiger partial charge in [-0.15, -0.1) is 0 Å². The van der Waals surface area contributed by atoms with E-state index in [0.717, 1.165) is 11.1 Å². The number of benzene rings is 2. The van der Waals surface area contributed by atoms with Gasteiger partial charge in [-0.3, -0.25) is 0 Å². The highest BCUT2D eigenvalue weighted by atomic mass is 19.1. The van der Waals surface area contributed by atoms with Crippen LogP contribution in [0.25, 0.3) is 11.1 Å². The molecule has 2 aromatic rings. The van der Waals surface area contributed by atoms with Crippen LogP contribution in [0.2, 0.25) is 0 Å². The minimum absolute atomic E-state index is 0.197. The van der Waals surface area contributed by atoms with Crippen LogP contribution >= 0.6 is 0 Å². The predicted molar refractivity (Wildman–Crippen MR) is 60.9 cm³/mol. The van der Waals surface area contributed by atoms with E-state index in [1.165, 1.54) is 17.7 Å². The van der Waals surface area contributed by atoms with Gasteiger partial charge in [0.15, 0.2) is 0 Å². The molecular formula is C14H12F. The second-order valence-corrected chi connectivity index (χ2v) is 3.38. The van der Waals surface area contributed by atoms with Gasteiger partial charge < -0.3 is 0 Å². The van der Waals surface area contributed by atoms with Crippen LogP contribution in [-0.2, 0) is 0 Å². The highest BCUT2D eigenvalue weighted by molar-refractivity contribution is 5.68. The normalized spacial score (nSPS) is 10.3. The topological polar surface area (TPSA) is 0 Å². The van der Waals surface area contributed by atoms with Crippen molar-refractivity contribution in [1.82, 2.24) is 0 Å². The van der Waals surface area contributed by atoms with Crippen LogP contribution in [0.15, 0.2) is 48.5 Å². The minimum Gasteiger partial charge on any atom is -0.207 e. The van der Waals surface area contributed by atoms with Gasteiger partial charge in [-0.2, -0.15) is 0 Å². The first kappa shape index (κ1) is 9.91. The van der Waals surface area contributed by atoms with Crippen LogP contribution in [-0.4, -0.2) is 0 Å². The molecule has 0 nitrogen and oxygen atoms in total. The quantitative estimate of drug-likeness (QED) is 0.684. The summed E-state index contributed by atoms with van der Waals surface area (Å²) in [4.78, 5) is 0. The van der Waals surface area contributed by atoms with Gasteiger partial charge in [0.05, 0.1) is 0 Å². The summed E-state index contributed by atoms with van der Waals surface area (Å²) in [5.41, 5.74) is 3.36.